The molecule has 0 saturated heterocycles. The van der Waals surface area contributed by atoms with Crippen molar-refractivity contribution in [1.29, 1.82) is 0 Å². The van der Waals surface area contributed by atoms with Crippen LogP contribution in [0.4, 0.5) is 17.1 Å². The number of para-hydroxylation sites is 3. The summed E-state index contributed by atoms with van der Waals surface area (Å²) in [5, 5.41) is 0. The van der Waals surface area contributed by atoms with Gasteiger partial charge in [-0.2, -0.15) is 0 Å². The van der Waals surface area contributed by atoms with Crippen molar-refractivity contribution in [2.45, 2.75) is 6.92 Å². The van der Waals surface area contributed by atoms with Gasteiger partial charge in [-0.05, 0) is 42.8 Å². The van der Waals surface area contributed by atoms with E-state index in [1.54, 1.807) is 0 Å². The van der Waals surface area contributed by atoms with E-state index < -0.39 is 0 Å². The molecule has 0 heterocycles. The summed E-state index contributed by atoms with van der Waals surface area (Å²) in [6.45, 7) is 2.15. The fourth-order valence-electron chi connectivity index (χ4n) is 2.40. The molecular weight excluding hydrogens is 242 g/mol. The van der Waals surface area contributed by atoms with Crippen molar-refractivity contribution in [2.75, 3.05) is 4.90 Å². The molecule has 3 aromatic rings. The van der Waals surface area contributed by atoms with Crippen molar-refractivity contribution < 1.29 is 0 Å². The van der Waals surface area contributed by atoms with Gasteiger partial charge in [0.1, 0.15) is 0 Å². The molecule has 1 heteroatoms. The Labute approximate surface area is 120 Å². The molecule has 0 aliphatic heterocycles. The van der Waals surface area contributed by atoms with Gasteiger partial charge in [0, 0.05) is 17.1 Å². The largest absolute Gasteiger partial charge is 0.310 e. The first-order valence-corrected chi connectivity index (χ1v) is 6.82. The smallest absolute Gasteiger partial charge is 0.0490 e. The standard InChI is InChI=1S/C19H17N/c1-16-10-8-9-15-19(16)20(17-11-4-2-5-12-17)18-13-6-3-7-14-18/h2-15H,1H3. The third-order valence-corrected chi connectivity index (χ3v) is 3.39. The first-order valence-electron chi connectivity index (χ1n) is 6.82. The molecular formula is C19H17N. The molecule has 0 saturated carbocycles. The van der Waals surface area contributed by atoms with Crippen molar-refractivity contribution in [2.24, 2.45) is 0 Å². The van der Waals surface area contributed by atoms with E-state index >= 15 is 0 Å². The maximum absolute atomic E-state index is 2.29. The van der Waals surface area contributed by atoms with Crippen LogP contribution >= 0.6 is 0 Å². The van der Waals surface area contributed by atoms with E-state index in [4.69, 9.17) is 0 Å². The Kier molecular flexibility index (Phi) is 3.51. The highest BCUT2D eigenvalue weighted by Gasteiger charge is 2.12. The fourth-order valence-corrected chi connectivity index (χ4v) is 2.40. The van der Waals surface area contributed by atoms with Gasteiger partial charge in [-0.1, -0.05) is 54.6 Å². The highest BCUT2D eigenvalue weighted by atomic mass is 15.1. The quantitative estimate of drug-likeness (QED) is 0.603. The Morgan fingerprint density at radius 1 is 0.550 bits per heavy atom. The molecule has 3 aromatic carbocycles. The minimum atomic E-state index is 1.17. The second-order valence-corrected chi connectivity index (χ2v) is 4.79. The second-order valence-electron chi connectivity index (χ2n) is 4.79. The molecule has 0 aromatic heterocycles. The Morgan fingerprint density at radius 2 is 1.00 bits per heavy atom. The molecule has 0 aliphatic rings. The van der Waals surface area contributed by atoms with Gasteiger partial charge in [0.25, 0.3) is 0 Å². The van der Waals surface area contributed by atoms with Crippen LogP contribution in [0.3, 0.4) is 0 Å². The van der Waals surface area contributed by atoms with Crippen LogP contribution in [-0.4, -0.2) is 0 Å². The van der Waals surface area contributed by atoms with Crippen molar-refractivity contribution >= 4 is 17.1 Å². The number of hydrogen-bond acceptors (Lipinski definition) is 1. The summed E-state index contributed by atoms with van der Waals surface area (Å²) in [6, 6.07) is 29.4. The predicted molar refractivity (Wildman–Crippen MR) is 85.9 cm³/mol. The highest BCUT2D eigenvalue weighted by molar-refractivity contribution is 5.77. The van der Waals surface area contributed by atoms with Crippen LogP contribution in [0.25, 0.3) is 0 Å². The van der Waals surface area contributed by atoms with Crippen LogP contribution in [0.15, 0.2) is 84.9 Å². The van der Waals surface area contributed by atoms with E-state index in [-0.39, 0.29) is 0 Å². The molecule has 0 unspecified atom stereocenters. The van der Waals surface area contributed by atoms with E-state index in [2.05, 4.69) is 84.6 Å². The zero-order valence-electron chi connectivity index (χ0n) is 11.5. The molecule has 1 nitrogen and oxygen atoms in total. The summed E-state index contributed by atoms with van der Waals surface area (Å²) in [6.07, 6.45) is 0. The zero-order valence-corrected chi connectivity index (χ0v) is 11.5. The number of hydrogen-bond donors (Lipinski definition) is 0. The molecule has 0 fully saturated rings. The van der Waals surface area contributed by atoms with Gasteiger partial charge < -0.3 is 4.90 Å². The Morgan fingerprint density at radius 3 is 1.50 bits per heavy atom. The van der Waals surface area contributed by atoms with E-state index in [1.807, 2.05) is 12.1 Å². The van der Waals surface area contributed by atoms with Crippen LogP contribution in [0.5, 0.6) is 0 Å². The molecule has 0 N–H and O–H groups in total. The van der Waals surface area contributed by atoms with Gasteiger partial charge >= 0.3 is 0 Å². The van der Waals surface area contributed by atoms with Crippen molar-refractivity contribution in [3.63, 3.8) is 0 Å². The lowest BCUT2D eigenvalue weighted by Gasteiger charge is -2.26. The maximum Gasteiger partial charge on any atom is 0.0490 e. The van der Waals surface area contributed by atoms with Crippen LogP contribution in [0.1, 0.15) is 5.56 Å². The van der Waals surface area contributed by atoms with Crippen molar-refractivity contribution in [3.05, 3.63) is 90.5 Å². The summed E-state index contributed by atoms with van der Waals surface area (Å²) < 4.78 is 0. The number of aryl methyl sites for hydroxylation is 1. The summed E-state index contributed by atoms with van der Waals surface area (Å²) in [4.78, 5) is 2.29. The lowest BCUT2D eigenvalue weighted by Crippen LogP contribution is -2.10. The Hall–Kier alpha value is -2.54. The topological polar surface area (TPSA) is 3.24 Å². The molecule has 0 aliphatic carbocycles. The van der Waals surface area contributed by atoms with E-state index in [0.717, 1.165) is 0 Å². The van der Waals surface area contributed by atoms with E-state index in [1.165, 1.54) is 22.6 Å². The van der Waals surface area contributed by atoms with Gasteiger partial charge in [-0.15, -0.1) is 0 Å². The lowest BCUT2D eigenvalue weighted by molar-refractivity contribution is 1.25. The molecule has 98 valence electrons. The van der Waals surface area contributed by atoms with Crippen LogP contribution in [0, 0.1) is 6.92 Å². The monoisotopic (exact) mass is 259 g/mol. The maximum atomic E-state index is 2.29. The third kappa shape index (κ3) is 2.43. The average molecular weight is 259 g/mol. The molecule has 0 atom stereocenters. The Bertz CT molecular complexity index is 635. The van der Waals surface area contributed by atoms with Gasteiger partial charge in [0.05, 0.1) is 0 Å². The zero-order chi connectivity index (χ0) is 13.8. The SMILES string of the molecule is Cc1ccccc1N(c1ccccc1)c1ccccc1. The Balaban J connectivity index is 2.17. The number of anilines is 3. The highest BCUT2D eigenvalue weighted by Crippen LogP contribution is 2.35. The molecule has 0 radical (unpaired) electrons. The normalized spacial score (nSPS) is 10.2. The lowest BCUT2D eigenvalue weighted by atomic mass is 10.1. The molecule has 0 spiro atoms. The molecule has 0 bridgehead atoms. The fraction of sp³-hybridized carbons (Fsp3) is 0.0526. The van der Waals surface area contributed by atoms with Crippen molar-refractivity contribution in [3.8, 4) is 0 Å². The average Bonchev–Trinajstić information content (AvgIpc) is 2.52. The second kappa shape index (κ2) is 5.62. The third-order valence-electron chi connectivity index (χ3n) is 3.39. The van der Waals surface area contributed by atoms with Gasteiger partial charge in [-0.25, -0.2) is 0 Å². The number of rotatable bonds is 3. The van der Waals surface area contributed by atoms with Crippen LogP contribution in [0.2, 0.25) is 0 Å². The van der Waals surface area contributed by atoms with Crippen molar-refractivity contribution in [1.82, 2.24) is 0 Å². The predicted octanol–water partition coefficient (Wildman–Crippen LogP) is 5.46. The summed E-state index contributed by atoms with van der Waals surface area (Å²) in [5.74, 6) is 0. The van der Waals surface area contributed by atoms with E-state index in [9.17, 15) is 0 Å². The first-order chi connectivity index (χ1) is 9.86. The minimum Gasteiger partial charge on any atom is -0.310 e. The molecule has 20 heavy (non-hydrogen) atoms. The van der Waals surface area contributed by atoms with Crippen LogP contribution < -0.4 is 4.90 Å². The molecule has 0 amide bonds. The van der Waals surface area contributed by atoms with Crippen LogP contribution in [-0.2, 0) is 0 Å². The minimum absolute atomic E-state index is 1.17. The molecule has 3 rings (SSSR count). The summed E-state index contributed by atoms with van der Waals surface area (Å²) >= 11 is 0. The van der Waals surface area contributed by atoms with E-state index in [0.29, 0.717) is 0 Å². The summed E-state index contributed by atoms with van der Waals surface area (Å²) in [5.41, 5.74) is 4.83. The number of benzene rings is 3. The first kappa shape index (κ1) is 12.5. The summed E-state index contributed by atoms with van der Waals surface area (Å²) in [7, 11) is 0. The number of nitrogens with zero attached hydrogens (tertiary/aromatic N) is 1. The van der Waals surface area contributed by atoms with Gasteiger partial charge in [-0.3, -0.25) is 0 Å². The van der Waals surface area contributed by atoms with Gasteiger partial charge in [0.15, 0.2) is 0 Å². The van der Waals surface area contributed by atoms with Gasteiger partial charge in [0.2, 0.25) is 0 Å².